The normalized spacial score (nSPS) is 11.0. The Morgan fingerprint density at radius 3 is 2.81 bits per heavy atom. The summed E-state index contributed by atoms with van der Waals surface area (Å²) in [6, 6.07) is 9.89. The van der Waals surface area contributed by atoms with Gasteiger partial charge in [0.2, 0.25) is 0 Å². The monoisotopic (exact) mass is 450 g/mol. The quantitative estimate of drug-likeness (QED) is 0.380. The van der Waals surface area contributed by atoms with Crippen molar-refractivity contribution >= 4 is 28.5 Å². The molecule has 4 aromatic rings. The van der Waals surface area contributed by atoms with Gasteiger partial charge in [-0.1, -0.05) is 23.7 Å². The van der Waals surface area contributed by atoms with Gasteiger partial charge in [0, 0.05) is 54.3 Å². The molecule has 0 amide bonds. The van der Waals surface area contributed by atoms with E-state index in [0.717, 1.165) is 39.0 Å². The number of fused-ring (bicyclic) bond motifs is 1. The number of carbonyl (C=O) groups excluding carboxylic acids is 1. The highest BCUT2D eigenvalue weighted by Gasteiger charge is 2.15. The summed E-state index contributed by atoms with van der Waals surface area (Å²) >= 11 is 6.41. The van der Waals surface area contributed by atoms with Crippen LogP contribution in [-0.4, -0.2) is 32.8 Å². The second kappa shape index (κ2) is 9.36. The summed E-state index contributed by atoms with van der Waals surface area (Å²) in [6.45, 7) is 2.19. The van der Waals surface area contributed by atoms with Crippen LogP contribution in [0.1, 0.15) is 23.2 Å². The Morgan fingerprint density at radius 2 is 2.06 bits per heavy atom. The molecule has 4 rings (SSSR count). The maximum atomic E-state index is 11.6. The van der Waals surface area contributed by atoms with Crippen molar-refractivity contribution in [1.82, 2.24) is 19.7 Å². The van der Waals surface area contributed by atoms with Crippen LogP contribution in [0.2, 0.25) is 5.02 Å². The lowest BCUT2D eigenvalue weighted by molar-refractivity contribution is -0.140. The Kier molecular flexibility index (Phi) is 6.37. The van der Waals surface area contributed by atoms with Gasteiger partial charge in [-0.15, -0.1) is 0 Å². The molecule has 0 bridgehead atoms. The van der Waals surface area contributed by atoms with Crippen LogP contribution in [-0.2, 0) is 29.6 Å². The molecule has 0 atom stereocenters. The third-order valence-electron chi connectivity index (χ3n) is 5.32. The van der Waals surface area contributed by atoms with E-state index in [1.165, 1.54) is 7.11 Å². The summed E-state index contributed by atoms with van der Waals surface area (Å²) < 4.78 is 12.8. The predicted octanol–water partition coefficient (Wildman–Crippen LogP) is 4.68. The van der Waals surface area contributed by atoms with Crippen LogP contribution in [0.3, 0.4) is 0 Å². The number of rotatable bonds is 7. The number of hydrogen-bond donors (Lipinski definition) is 0. The molecule has 0 saturated heterocycles. The molecular weight excluding hydrogens is 428 g/mol. The van der Waals surface area contributed by atoms with Crippen molar-refractivity contribution in [3.05, 3.63) is 70.8 Å². The molecule has 0 fully saturated rings. The highest BCUT2D eigenvalue weighted by atomic mass is 35.5. The van der Waals surface area contributed by atoms with E-state index in [4.69, 9.17) is 26.1 Å². The molecule has 32 heavy (non-hydrogen) atoms. The molecule has 0 radical (unpaired) electrons. The van der Waals surface area contributed by atoms with E-state index in [1.54, 1.807) is 18.6 Å². The van der Waals surface area contributed by atoms with Crippen molar-refractivity contribution in [2.45, 2.75) is 26.4 Å². The molecule has 3 aromatic heterocycles. The molecule has 0 N–H and O–H groups in total. The molecule has 1 aromatic carbocycles. The topological polar surface area (TPSA) is 79.1 Å². The largest absolute Gasteiger partial charge is 0.487 e. The smallest absolute Gasteiger partial charge is 0.305 e. The zero-order chi connectivity index (χ0) is 22.7. The SMILES string of the molecule is COC(=O)CCc1cncc(Cl)c1COc1cccc2c(-c3ccnn3C)cc(C)nc12. The van der Waals surface area contributed by atoms with Crippen LogP contribution in [0, 0.1) is 6.92 Å². The number of halogens is 1. The van der Waals surface area contributed by atoms with Gasteiger partial charge in [-0.3, -0.25) is 14.5 Å². The van der Waals surface area contributed by atoms with Crippen LogP contribution in [0.15, 0.2) is 48.9 Å². The third kappa shape index (κ3) is 4.43. The van der Waals surface area contributed by atoms with Crippen LogP contribution in [0.4, 0.5) is 0 Å². The van der Waals surface area contributed by atoms with Gasteiger partial charge in [0.05, 0.1) is 17.8 Å². The molecule has 3 heterocycles. The summed E-state index contributed by atoms with van der Waals surface area (Å²) in [6.07, 6.45) is 5.77. The number of esters is 1. The predicted molar refractivity (Wildman–Crippen MR) is 123 cm³/mol. The Morgan fingerprint density at radius 1 is 1.22 bits per heavy atom. The third-order valence-corrected chi connectivity index (χ3v) is 5.65. The number of aromatic nitrogens is 4. The molecule has 0 aliphatic heterocycles. The maximum absolute atomic E-state index is 11.6. The Balaban J connectivity index is 1.68. The van der Waals surface area contributed by atoms with Gasteiger partial charge in [-0.2, -0.15) is 5.10 Å². The van der Waals surface area contributed by atoms with E-state index < -0.39 is 0 Å². The number of para-hydroxylation sites is 1. The Bertz CT molecular complexity index is 1290. The van der Waals surface area contributed by atoms with Gasteiger partial charge < -0.3 is 9.47 Å². The van der Waals surface area contributed by atoms with Crippen LogP contribution >= 0.6 is 11.6 Å². The fraction of sp³-hybridized carbons (Fsp3) is 0.250. The summed E-state index contributed by atoms with van der Waals surface area (Å²) in [4.78, 5) is 20.5. The van der Waals surface area contributed by atoms with Crippen molar-refractivity contribution in [3.8, 4) is 17.0 Å². The zero-order valence-electron chi connectivity index (χ0n) is 18.1. The molecular formula is C24H23ClN4O3. The van der Waals surface area contributed by atoms with Crippen molar-refractivity contribution in [2.75, 3.05) is 7.11 Å². The molecule has 0 aliphatic rings. The summed E-state index contributed by atoms with van der Waals surface area (Å²) in [5.74, 6) is 0.370. The molecule has 7 nitrogen and oxygen atoms in total. The second-order valence-corrected chi connectivity index (χ2v) is 7.83. The summed E-state index contributed by atoms with van der Waals surface area (Å²) in [5.41, 5.74) is 5.33. The van der Waals surface area contributed by atoms with Crippen molar-refractivity contribution in [3.63, 3.8) is 0 Å². The van der Waals surface area contributed by atoms with E-state index in [9.17, 15) is 4.79 Å². The van der Waals surface area contributed by atoms with Crippen LogP contribution in [0.5, 0.6) is 5.75 Å². The van der Waals surface area contributed by atoms with Gasteiger partial charge in [0.15, 0.2) is 0 Å². The van der Waals surface area contributed by atoms with E-state index in [0.29, 0.717) is 17.2 Å². The number of nitrogens with zero attached hydrogens (tertiary/aromatic N) is 4. The second-order valence-electron chi connectivity index (χ2n) is 7.43. The average Bonchev–Trinajstić information content (AvgIpc) is 3.22. The number of aryl methyl sites for hydroxylation is 3. The highest BCUT2D eigenvalue weighted by molar-refractivity contribution is 6.31. The van der Waals surface area contributed by atoms with Gasteiger partial charge in [-0.05, 0) is 37.1 Å². The van der Waals surface area contributed by atoms with Gasteiger partial charge >= 0.3 is 5.97 Å². The van der Waals surface area contributed by atoms with Crippen LogP contribution < -0.4 is 4.74 Å². The van der Waals surface area contributed by atoms with Crippen molar-refractivity contribution in [2.24, 2.45) is 7.05 Å². The number of carbonyl (C=O) groups is 1. The van der Waals surface area contributed by atoms with E-state index in [-0.39, 0.29) is 19.0 Å². The van der Waals surface area contributed by atoms with Gasteiger partial charge in [0.1, 0.15) is 17.9 Å². The molecule has 0 unspecified atom stereocenters. The Hall–Kier alpha value is -3.45. The minimum Gasteiger partial charge on any atom is -0.487 e. The van der Waals surface area contributed by atoms with Gasteiger partial charge in [-0.25, -0.2) is 4.98 Å². The minimum absolute atomic E-state index is 0.230. The molecule has 0 aliphatic carbocycles. The first-order chi connectivity index (χ1) is 15.5. The summed E-state index contributed by atoms with van der Waals surface area (Å²) in [5, 5.41) is 5.76. The van der Waals surface area contributed by atoms with Crippen molar-refractivity contribution < 1.29 is 14.3 Å². The first kappa shape index (κ1) is 21.8. The van der Waals surface area contributed by atoms with E-state index in [1.807, 2.05) is 49.0 Å². The fourth-order valence-corrected chi connectivity index (χ4v) is 3.92. The lowest BCUT2D eigenvalue weighted by Crippen LogP contribution is -2.07. The molecule has 8 heteroatoms. The number of pyridine rings is 2. The van der Waals surface area contributed by atoms with Crippen LogP contribution in [0.25, 0.3) is 22.2 Å². The first-order valence-corrected chi connectivity index (χ1v) is 10.6. The summed E-state index contributed by atoms with van der Waals surface area (Å²) in [7, 11) is 3.29. The van der Waals surface area contributed by atoms with Gasteiger partial charge in [0.25, 0.3) is 0 Å². The zero-order valence-corrected chi connectivity index (χ0v) is 18.9. The fourth-order valence-electron chi connectivity index (χ4n) is 3.68. The Labute approximate surface area is 191 Å². The molecule has 0 spiro atoms. The first-order valence-electron chi connectivity index (χ1n) is 10.2. The minimum atomic E-state index is -0.284. The lowest BCUT2D eigenvalue weighted by Gasteiger charge is -2.15. The molecule has 0 saturated carbocycles. The number of hydrogen-bond acceptors (Lipinski definition) is 6. The number of benzene rings is 1. The van der Waals surface area contributed by atoms with Crippen molar-refractivity contribution in [1.29, 1.82) is 0 Å². The highest BCUT2D eigenvalue weighted by Crippen LogP contribution is 2.33. The lowest BCUT2D eigenvalue weighted by atomic mass is 10.0. The average molecular weight is 451 g/mol. The van der Waals surface area contributed by atoms with E-state index >= 15 is 0 Å². The van der Waals surface area contributed by atoms with E-state index in [2.05, 4.69) is 10.1 Å². The number of ether oxygens (including phenoxy) is 2. The molecule has 164 valence electrons. The maximum Gasteiger partial charge on any atom is 0.305 e. The number of methoxy groups -OCH3 is 1. The standard InChI is InChI=1S/C24H23ClN4O3/c1-15-11-18(21-9-10-27-29(21)2)17-5-4-6-22(24(17)28-15)32-14-19-16(7-8-23(30)31-3)12-26-13-20(19)25/h4-6,9-13H,7-8,14H2,1-3H3.